The molecular weight excluding hydrogens is 387 g/mol. The minimum atomic E-state index is -4.33. The number of carbonyl (C=O) groups excluding carboxylic acids is 1. The van der Waals surface area contributed by atoms with Crippen molar-refractivity contribution >= 4 is 6.03 Å². The van der Waals surface area contributed by atoms with E-state index in [0.717, 1.165) is 24.2 Å². The summed E-state index contributed by atoms with van der Waals surface area (Å²) in [5.41, 5.74) is 1.52. The first-order valence-electron chi connectivity index (χ1n) is 9.41. The van der Waals surface area contributed by atoms with Crippen LogP contribution in [0.4, 0.5) is 18.0 Å². The predicted octanol–water partition coefficient (Wildman–Crippen LogP) is 2.98. The summed E-state index contributed by atoms with van der Waals surface area (Å²) in [7, 11) is 1.92. The van der Waals surface area contributed by atoms with Crippen LogP contribution < -0.4 is 5.32 Å². The quantitative estimate of drug-likeness (QED) is 0.793. The van der Waals surface area contributed by atoms with Crippen LogP contribution in [0, 0.1) is 0 Å². The fourth-order valence-corrected chi connectivity index (χ4v) is 3.33. The average Bonchev–Trinajstić information content (AvgIpc) is 3.12. The summed E-state index contributed by atoms with van der Waals surface area (Å²) in [5, 5.41) is 10.9. The first-order chi connectivity index (χ1) is 13.8. The summed E-state index contributed by atoms with van der Waals surface area (Å²) < 4.78 is 42.8. The Bertz CT molecular complexity index is 799. The summed E-state index contributed by atoms with van der Waals surface area (Å²) in [6.07, 6.45) is -0.964. The molecule has 2 aromatic rings. The highest BCUT2D eigenvalue weighted by molar-refractivity contribution is 5.74. The average molecular weight is 411 g/mol. The van der Waals surface area contributed by atoms with Crippen molar-refractivity contribution in [2.24, 2.45) is 7.05 Å². The van der Waals surface area contributed by atoms with Crippen LogP contribution in [0.25, 0.3) is 0 Å². The molecule has 158 valence electrons. The number of alkyl halides is 3. The molecule has 2 amide bonds. The van der Waals surface area contributed by atoms with Gasteiger partial charge in [-0.25, -0.2) is 4.79 Å². The van der Waals surface area contributed by atoms with E-state index >= 15 is 0 Å². The SMILES string of the molecule is Cn1cnnc1C1CCN(C(=O)NCc2ccc(COCC(F)(F)F)cc2)CC1. The normalized spacial score (nSPS) is 15.5. The van der Waals surface area contributed by atoms with Gasteiger partial charge in [0, 0.05) is 32.6 Å². The highest BCUT2D eigenvalue weighted by atomic mass is 19.4. The summed E-state index contributed by atoms with van der Waals surface area (Å²) in [6.45, 7) is 0.286. The molecule has 0 saturated carbocycles. The third-order valence-corrected chi connectivity index (χ3v) is 4.89. The molecule has 0 radical (unpaired) electrons. The van der Waals surface area contributed by atoms with Crippen LogP contribution in [0.3, 0.4) is 0 Å². The number of likely N-dealkylation sites (tertiary alicyclic amines) is 1. The first-order valence-corrected chi connectivity index (χ1v) is 9.41. The number of hydrogen-bond acceptors (Lipinski definition) is 4. The second-order valence-corrected chi connectivity index (χ2v) is 7.14. The van der Waals surface area contributed by atoms with Gasteiger partial charge in [0.2, 0.25) is 0 Å². The Morgan fingerprint density at radius 1 is 1.21 bits per heavy atom. The molecule has 1 fully saturated rings. The van der Waals surface area contributed by atoms with Crippen LogP contribution in [-0.2, 0) is 24.9 Å². The molecule has 10 heteroatoms. The number of urea groups is 1. The Kier molecular flexibility index (Phi) is 6.73. The number of aryl methyl sites for hydroxylation is 1. The van der Waals surface area contributed by atoms with Gasteiger partial charge in [0.15, 0.2) is 0 Å². The molecule has 0 atom stereocenters. The van der Waals surface area contributed by atoms with E-state index in [1.807, 2.05) is 11.6 Å². The largest absolute Gasteiger partial charge is 0.411 e. The Balaban J connectivity index is 1.40. The van der Waals surface area contributed by atoms with Gasteiger partial charge in [-0.1, -0.05) is 24.3 Å². The fraction of sp³-hybridized carbons (Fsp3) is 0.526. The molecular formula is C19H24F3N5O2. The van der Waals surface area contributed by atoms with Gasteiger partial charge in [-0.2, -0.15) is 13.2 Å². The van der Waals surface area contributed by atoms with Crippen molar-refractivity contribution in [3.8, 4) is 0 Å². The Hall–Kier alpha value is -2.62. The number of aromatic nitrogens is 3. The van der Waals surface area contributed by atoms with Crippen molar-refractivity contribution in [3.05, 3.63) is 47.5 Å². The molecule has 29 heavy (non-hydrogen) atoms. The Morgan fingerprint density at radius 2 is 1.86 bits per heavy atom. The molecule has 0 unspecified atom stereocenters. The topological polar surface area (TPSA) is 72.3 Å². The van der Waals surface area contributed by atoms with E-state index < -0.39 is 12.8 Å². The third-order valence-electron chi connectivity index (χ3n) is 4.89. The summed E-state index contributed by atoms with van der Waals surface area (Å²) in [6, 6.07) is 6.81. The number of rotatable bonds is 6. The van der Waals surface area contributed by atoms with Crippen molar-refractivity contribution in [1.82, 2.24) is 25.0 Å². The number of halogens is 3. The van der Waals surface area contributed by atoms with Gasteiger partial charge in [0.1, 0.15) is 18.8 Å². The lowest BCUT2D eigenvalue weighted by molar-refractivity contribution is -0.176. The van der Waals surface area contributed by atoms with E-state index in [2.05, 4.69) is 20.3 Å². The fourth-order valence-electron chi connectivity index (χ4n) is 3.33. The number of ether oxygens (including phenoxy) is 1. The van der Waals surface area contributed by atoms with Crippen molar-refractivity contribution in [3.63, 3.8) is 0 Å². The highest BCUT2D eigenvalue weighted by Gasteiger charge is 2.27. The van der Waals surface area contributed by atoms with E-state index in [0.29, 0.717) is 31.1 Å². The van der Waals surface area contributed by atoms with Gasteiger partial charge in [-0.05, 0) is 24.0 Å². The van der Waals surface area contributed by atoms with Crippen molar-refractivity contribution in [2.45, 2.75) is 38.1 Å². The zero-order valence-corrected chi connectivity index (χ0v) is 16.2. The van der Waals surface area contributed by atoms with E-state index in [1.54, 1.807) is 35.5 Å². The molecule has 1 saturated heterocycles. The monoisotopic (exact) mass is 411 g/mol. The molecule has 0 spiro atoms. The van der Waals surface area contributed by atoms with Crippen molar-refractivity contribution < 1.29 is 22.7 Å². The van der Waals surface area contributed by atoms with Gasteiger partial charge < -0.3 is 19.5 Å². The number of carbonyl (C=O) groups is 1. The number of benzene rings is 1. The maximum atomic E-state index is 12.4. The zero-order valence-electron chi connectivity index (χ0n) is 16.2. The molecule has 3 rings (SSSR count). The summed E-state index contributed by atoms with van der Waals surface area (Å²) >= 11 is 0. The van der Waals surface area contributed by atoms with Crippen molar-refractivity contribution in [2.75, 3.05) is 19.7 Å². The standard InChI is InChI=1S/C19H24F3N5O2/c1-26-13-24-25-17(26)16-6-8-27(9-7-16)18(28)23-10-14-2-4-15(5-3-14)11-29-12-19(20,21)22/h2-5,13,16H,6-12H2,1H3,(H,23,28). The summed E-state index contributed by atoms with van der Waals surface area (Å²) in [4.78, 5) is 14.2. The highest BCUT2D eigenvalue weighted by Crippen LogP contribution is 2.26. The number of hydrogen-bond donors (Lipinski definition) is 1. The number of amides is 2. The van der Waals surface area contributed by atoms with E-state index in [-0.39, 0.29) is 12.6 Å². The Morgan fingerprint density at radius 3 is 2.45 bits per heavy atom. The van der Waals surface area contributed by atoms with Crippen LogP contribution in [0.1, 0.15) is 35.7 Å². The minimum Gasteiger partial charge on any atom is -0.367 e. The first kappa shape index (κ1) is 21.1. The molecule has 1 aliphatic rings. The van der Waals surface area contributed by atoms with Gasteiger partial charge in [-0.15, -0.1) is 10.2 Å². The molecule has 2 heterocycles. The molecule has 0 aliphatic carbocycles. The van der Waals surface area contributed by atoms with Crippen molar-refractivity contribution in [1.29, 1.82) is 0 Å². The molecule has 0 bridgehead atoms. The van der Waals surface area contributed by atoms with Crippen LogP contribution in [0.5, 0.6) is 0 Å². The maximum absolute atomic E-state index is 12.4. The van der Waals surface area contributed by atoms with E-state index in [1.165, 1.54) is 0 Å². The van der Waals surface area contributed by atoms with E-state index in [4.69, 9.17) is 0 Å². The molecule has 1 N–H and O–H groups in total. The predicted molar refractivity (Wildman–Crippen MR) is 98.9 cm³/mol. The minimum absolute atomic E-state index is 0.105. The van der Waals surface area contributed by atoms with Crippen LogP contribution in [-0.4, -0.2) is 51.6 Å². The number of nitrogens with one attached hydrogen (secondary N) is 1. The van der Waals surface area contributed by atoms with Crippen LogP contribution in [0.2, 0.25) is 0 Å². The lowest BCUT2D eigenvalue weighted by atomic mass is 9.96. The summed E-state index contributed by atoms with van der Waals surface area (Å²) in [5.74, 6) is 1.25. The van der Waals surface area contributed by atoms with Crippen LogP contribution >= 0.6 is 0 Å². The van der Waals surface area contributed by atoms with Crippen LogP contribution in [0.15, 0.2) is 30.6 Å². The van der Waals surface area contributed by atoms with Gasteiger partial charge in [-0.3, -0.25) is 0 Å². The number of nitrogens with zero attached hydrogens (tertiary/aromatic N) is 4. The third kappa shape index (κ3) is 6.18. The van der Waals surface area contributed by atoms with E-state index in [9.17, 15) is 18.0 Å². The number of piperidine rings is 1. The molecule has 1 aromatic carbocycles. The second-order valence-electron chi connectivity index (χ2n) is 7.14. The lowest BCUT2D eigenvalue weighted by Gasteiger charge is -2.31. The molecule has 1 aromatic heterocycles. The second kappa shape index (κ2) is 9.25. The maximum Gasteiger partial charge on any atom is 0.411 e. The van der Waals surface area contributed by atoms with Gasteiger partial charge >= 0.3 is 12.2 Å². The molecule has 1 aliphatic heterocycles. The van der Waals surface area contributed by atoms with Gasteiger partial charge in [0.05, 0.1) is 6.61 Å². The smallest absolute Gasteiger partial charge is 0.367 e. The molecule has 7 nitrogen and oxygen atoms in total. The van der Waals surface area contributed by atoms with Gasteiger partial charge in [0.25, 0.3) is 0 Å². The Labute approximate surface area is 166 Å². The lowest BCUT2D eigenvalue weighted by Crippen LogP contribution is -2.44. The zero-order chi connectivity index (χ0) is 20.9.